The Kier molecular flexibility index (Phi) is 9.42. The number of benzene rings is 2. The van der Waals surface area contributed by atoms with Gasteiger partial charge in [0.05, 0.1) is 38.0 Å². The third kappa shape index (κ3) is 6.19. The molecular formula is C30H38N2O6. The van der Waals surface area contributed by atoms with Crippen LogP contribution in [0.15, 0.2) is 48.0 Å². The number of ketones is 1. The Morgan fingerprint density at radius 3 is 2.42 bits per heavy atom. The second-order valence-electron chi connectivity index (χ2n) is 9.65. The first-order valence-electron chi connectivity index (χ1n) is 13.5. The van der Waals surface area contributed by atoms with Crippen LogP contribution in [0.4, 0.5) is 0 Å². The lowest BCUT2D eigenvalue weighted by atomic mass is 9.94. The van der Waals surface area contributed by atoms with Gasteiger partial charge in [-0.05, 0) is 44.4 Å². The van der Waals surface area contributed by atoms with Crippen molar-refractivity contribution in [2.45, 2.75) is 39.7 Å². The number of ether oxygens (including phenoxy) is 3. The number of hydrogen-bond donors (Lipinski definition) is 1. The van der Waals surface area contributed by atoms with Gasteiger partial charge in [0.1, 0.15) is 5.76 Å². The molecule has 1 amide bonds. The molecule has 1 N–H and O–H groups in total. The summed E-state index contributed by atoms with van der Waals surface area (Å²) in [7, 11) is 0. The van der Waals surface area contributed by atoms with Crippen LogP contribution in [0.1, 0.15) is 49.4 Å². The van der Waals surface area contributed by atoms with Crippen molar-refractivity contribution >= 4 is 17.4 Å². The van der Waals surface area contributed by atoms with Crippen molar-refractivity contribution in [1.29, 1.82) is 0 Å². The van der Waals surface area contributed by atoms with Crippen LogP contribution in [-0.2, 0) is 14.3 Å². The van der Waals surface area contributed by atoms with Crippen LogP contribution >= 0.6 is 0 Å². The number of aliphatic hydroxyl groups excluding tert-OH is 1. The van der Waals surface area contributed by atoms with Gasteiger partial charge in [0.15, 0.2) is 11.5 Å². The van der Waals surface area contributed by atoms with Crippen molar-refractivity contribution in [2.24, 2.45) is 0 Å². The summed E-state index contributed by atoms with van der Waals surface area (Å²) >= 11 is 0. The highest BCUT2D eigenvalue weighted by Gasteiger charge is 2.46. The minimum Gasteiger partial charge on any atom is -0.507 e. The molecular weight excluding hydrogens is 484 g/mol. The van der Waals surface area contributed by atoms with E-state index in [9.17, 15) is 14.7 Å². The molecule has 2 aliphatic rings. The zero-order valence-electron chi connectivity index (χ0n) is 22.6. The molecule has 38 heavy (non-hydrogen) atoms. The normalized spacial score (nSPS) is 19.7. The van der Waals surface area contributed by atoms with Crippen molar-refractivity contribution < 1.29 is 28.9 Å². The number of rotatable bonds is 11. The zero-order chi connectivity index (χ0) is 27.1. The number of hydrogen-bond acceptors (Lipinski definition) is 7. The highest BCUT2D eigenvalue weighted by Crippen LogP contribution is 2.42. The summed E-state index contributed by atoms with van der Waals surface area (Å²) in [4.78, 5) is 30.6. The lowest BCUT2D eigenvalue weighted by Gasteiger charge is -2.29. The van der Waals surface area contributed by atoms with E-state index in [4.69, 9.17) is 14.2 Å². The Balaban J connectivity index is 1.72. The fourth-order valence-electron chi connectivity index (χ4n) is 4.91. The standard InChI is InChI=1S/C30H38N2O6/c1-4-17-38-24-12-11-23(20-25(24)37-5-2)27-26(28(33)22-9-7-21(3)8-10-22)29(34)30(35)32(27)14-6-13-31-15-18-36-19-16-31/h7-12,20,27,33H,4-6,13-19H2,1-3H3. The molecule has 0 aliphatic carbocycles. The first kappa shape index (κ1) is 27.7. The van der Waals surface area contributed by atoms with Gasteiger partial charge in [0, 0.05) is 31.7 Å². The maximum atomic E-state index is 13.4. The molecule has 4 rings (SSSR count). The molecule has 2 aromatic carbocycles. The van der Waals surface area contributed by atoms with Gasteiger partial charge in [-0.15, -0.1) is 0 Å². The van der Waals surface area contributed by atoms with Crippen LogP contribution in [0.3, 0.4) is 0 Å². The fourth-order valence-corrected chi connectivity index (χ4v) is 4.91. The van der Waals surface area contributed by atoms with E-state index < -0.39 is 17.7 Å². The van der Waals surface area contributed by atoms with Gasteiger partial charge in [0.2, 0.25) is 0 Å². The highest BCUT2D eigenvalue weighted by atomic mass is 16.5. The summed E-state index contributed by atoms with van der Waals surface area (Å²) < 4.78 is 17.2. The van der Waals surface area contributed by atoms with Gasteiger partial charge in [-0.2, -0.15) is 0 Å². The molecule has 204 valence electrons. The molecule has 2 saturated heterocycles. The van der Waals surface area contributed by atoms with Gasteiger partial charge in [-0.1, -0.05) is 42.8 Å². The minimum atomic E-state index is -0.736. The fraction of sp³-hybridized carbons (Fsp3) is 0.467. The topological polar surface area (TPSA) is 88.5 Å². The number of likely N-dealkylation sites (tertiary alicyclic amines) is 1. The quantitative estimate of drug-likeness (QED) is 0.267. The van der Waals surface area contributed by atoms with Crippen LogP contribution in [0, 0.1) is 6.92 Å². The first-order chi connectivity index (χ1) is 18.4. The number of morpholine rings is 1. The van der Waals surface area contributed by atoms with Crippen molar-refractivity contribution in [1.82, 2.24) is 9.80 Å². The summed E-state index contributed by atoms with van der Waals surface area (Å²) in [5, 5.41) is 11.3. The number of aliphatic hydroxyl groups is 1. The Bertz CT molecular complexity index is 1150. The van der Waals surface area contributed by atoms with Crippen LogP contribution in [0.5, 0.6) is 11.5 Å². The van der Waals surface area contributed by atoms with Gasteiger partial charge in [-0.25, -0.2) is 0 Å². The van der Waals surface area contributed by atoms with Gasteiger partial charge < -0.3 is 24.2 Å². The predicted molar refractivity (Wildman–Crippen MR) is 145 cm³/mol. The number of aryl methyl sites for hydroxylation is 1. The summed E-state index contributed by atoms with van der Waals surface area (Å²) in [6.07, 6.45) is 1.55. The molecule has 2 fully saturated rings. The Labute approximate surface area is 224 Å². The van der Waals surface area contributed by atoms with Crippen LogP contribution < -0.4 is 9.47 Å². The molecule has 2 aromatic rings. The van der Waals surface area contributed by atoms with E-state index in [0.717, 1.165) is 31.6 Å². The van der Waals surface area contributed by atoms with Crippen LogP contribution in [0.25, 0.3) is 5.76 Å². The monoisotopic (exact) mass is 522 g/mol. The second kappa shape index (κ2) is 12.9. The summed E-state index contributed by atoms with van der Waals surface area (Å²) in [6, 6.07) is 12.0. The predicted octanol–water partition coefficient (Wildman–Crippen LogP) is 4.33. The average molecular weight is 523 g/mol. The van der Waals surface area contributed by atoms with Gasteiger partial charge >= 0.3 is 0 Å². The molecule has 8 heteroatoms. The maximum Gasteiger partial charge on any atom is 0.295 e. The molecule has 1 atom stereocenters. The molecule has 2 heterocycles. The van der Waals surface area contributed by atoms with Gasteiger partial charge in [-0.3, -0.25) is 14.5 Å². The van der Waals surface area contributed by atoms with E-state index >= 15 is 0 Å². The van der Waals surface area contributed by atoms with E-state index in [1.165, 1.54) is 0 Å². The van der Waals surface area contributed by atoms with Crippen molar-refractivity contribution in [3.05, 3.63) is 64.7 Å². The summed E-state index contributed by atoms with van der Waals surface area (Å²) in [6.45, 7) is 11.2. The minimum absolute atomic E-state index is 0.0925. The molecule has 0 radical (unpaired) electrons. The largest absolute Gasteiger partial charge is 0.507 e. The van der Waals surface area contributed by atoms with E-state index in [2.05, 4.69) is 4.90 Å². The highest BCUT2D eigenvalue weighted by molar-refractivity contribution is 6.46. The van der Waals surface area contributed by atoms with E-state index in [0.29, 0.717) is 62.0 Å². The van der Waals surface area contributed by atoms with E-state index in [-0.39, 0.29) is 11.3 Å². The number of carbonyl (C=O) groups excluding carboxylic acids is 2. The third-order valence-corrected chi connectivity index (χ3v) is 6.89. The van der Waals surface area contributed by atoms with E-state index in [1.54, 1.807) is 17.0 Å². The number of nitrogens with zero attached hydrogens (tertiary/aromatic N) is 2. The number of amides is 1. The maximum absolute atomic E-state index is 13.4. The number of carbonyl (C=O) groups is 2. The SMILES string of the molecule is CCCOc1ccc(C2C(=C(O)c3ccc(C)cc3)C(=O)C(=O)N2CCCN2CCOCC2)cc1OCC. The van der Waals surface area contributed by atoms with E-state index in [1.807, 2.05) is 51.1 Å². The zero-order valence-corrected chi connectivity index (χ0v) is 22.6. The Morgan fingerprint density at radius 1 is 1.00 bits per heavy atom. The summed E-state index contributed by atoms with van der Waals surface area (Å²) in [5.74, 6) is -0.292. The molecule has 8 nitrogen and oxygen atoms in total. The third-order valence-electron chi connectivity index (χ3n) is 6.89. The van der Waals surface area contributed by atoms with Crippen molar-refractivity contribution in [2.75, 3.05) is 52.6 Å². The molecule has 0 saturated carbocycles. The van der Waals surface area contributed by atoms with Crippen molar-refractivity contribution in [3.63, 3.8) is 0 Å². The molecule has 2 aliphatic heterocycles. The molecule has 0 bridgehead atoms. The Hall–Kier alpha value is -3.36. The first-order valence-corrected chi connectivity index (χ1v) is 13.5. The number of Topliss-reactive ketones (excluding diaryl/α,β-unsaturated/α-hetero) is 1. The Morgan fingerprint density at radius 2 is 1.74 bits per heavy atom. The lowest BCUT2D eigenvalue weighted by molar-refractivity contribution is -0.140. The van der Waals surface area contributed by atoms with Crippen molar-refractivity contribution in [3.8, 4) is 11.5 Å². The smallest absolute Gasteiger partial charge is 0.295 e. The second-order valence-corrected chi connectivity index (χ2v) is 9.65. The van der Waals surface area contributed by atoms with Crippen LogP contribution in [0.2, 0.25) is 0 Å². The average Bonchev–Trinajstić information content (AvgIpc) is 3.18. The van der Waals surface area contributed by atoms with Crippen LogP contribution in [-0.4, -0.2) is 79.2 Å². The van der Waals surface area contributed by atoms with Gasteiger partial charge in [0.25, 0.3) is 11.7 Å². The summed E-state index contributed by atoms with van der Waals surface area (Å²) in [5.41, 5.74) is 2.32. The molecule has 0 aromatic heterocycles. The lowest BCUT2D eigenvalue weighted by Crippen LogP contribution is -2.39. The molecule has 1 unspecified atom stereocenters. The molecule has 0 spiro atoms.